The predicted molar refractivity (Wildman–Crippen MR) is 158 cm³/mol. The van der Waals surface area contributed by atoms with E-state index < -0.39 is 10.0 Å². The van der Waals surface area contributed by atoms with Crippen molar-refractivity contribution in [3.8, 4) is 0 Å². The maximum absolute atomic E-state index is 13.8. The number of halogens is 1. The van der Waals surface area contributed by atoms with E-state index in [0.717, 1.165) is 40.7 Å². The number of carbonyl (C=O) groups is 1. The van der Waals surface area contributed by atoms with Crippen LogP contribution in [0.5, 0.6) is 0 Å². The summed E-state index contributed by atoms with van der Waals surface area (Å²) >= 11 is 7.81. The van der Waals surface area contributed by atoms with Gasteiger partial charge in [0.25, 0.3) is 15.9 Å². The molecule has 1 aromatic heterocycles. The highest BCUT2D eigenvalue weighted by Gasteiger charge is 2.35. The zero-order valence-electron chi connectivity index (χ0n) is 21.9. The normalized spacial score (nSPS) is 15.8. The fourth-order valence-electron chi connectivity index (χ4n) is 5.13. The van der Waals surface area contributed by atoms with Gasteiger partial charge in [-0.15, -0.1) is 11.3 Å². The molecular formula is C30H31ClN2O3S2. The third-order valence-electron chi connectivity index (χ3n) is 7.36. The zero-order chi connectivity index (χ0) is 27.2. The number of fused-ring (bicyclic) bond motifs is 2. The lowest BCUT2D eigenvalue weighted by Crippen LogP contribution is -2.27. The maximum Gasteiger partial charge on any atom is 0.263 e. The summed E-state index contributed by atoms with van der Waals surface area (Å²) in [5.41, 5.74) is 3.22. The molecule has 5 nitrogen and oxygen atoms in total. The van der Waals surface area contributed by atoms with Crippen molar-refractivity contribution >= 4 is 60.3 Å². The number of hydrogen-bond acceptors (Lipinski definition) is 4. The lowest BCUT2D eigenvalue weighted by atomic mass is 9.72. The molecule has 1 atom stereocenters. The lowest BCUT2D eigenvalue weighted by molar-refractivity contribution is 0.102. The van der Waals surface area contributed by atoms with Gasteiger partial charge in [0.05, 0.1) is 10.5 Å². The summed E-state index contributed by atoms with van der Waals surface area (Å²) in [6.45, 7) is 8.68. The quantitative estimate of drug-likeness (QED) is 0.256. The predicted octanol–water partition coefficient (Wildman–Crippen LogP) is 8.07. The Morgan fingerprint density at radius 3 is 2.39 bits per heavy atom. The minimum absolute atomic E-state index is 0.0874. The Hall–Kier alpha value is -2.87. The zero-order valence-corrected chi connectivity index (χ0v) is 24.3. The van der Waals surface area contributed by atoms with Crippen LogP contribution in [0.2, 0.25) is 5.02 Å². The molecule has 1 amide bonds. The molecule has 1 aliphatic rings. The van der Waals surface area contributed by atoms with Gasteiger partial charge >= 0.3 is 0 Å². The SMILES string of the molecule is Cc1ccc(NC(=O)c2c(NS(=O)(=O)c3cccc4cccc(Cl)c34)sc3c2CC[C@@H](C(C)(C)C)C3)cc1. The van der Waals surface area contributed by atoms with Gasteiger partial charge in [-0.3, -0.25) is 9.52 Å². The second-order valence-electron chi connectivity index (χ2n) is 11.0. The van der Waals surface area contributed by atoms with Crippen molar-refractivity contribution in [3.63, 3.8) is 0 Å². The molecule has 0 bridgehead atoms. The second kappa shape index (κ2) is 10.0. The number of anilines is 2. The Bertz CT molecular complexity index is 1630. The second-order valence-corrected chi connectivity index (χ2v) is 14.2. The van der Waals surface area contributed by atoms with Gasteiger partial charge in [0.1, 0.15) is 5.00 Å². The highest BCUT2D eigenvalue weighted by atomic mass is 35.5. The molecule has 0 aliphatic heterocycles. The first kappa shape index (κ1) is 26.7. The molecule has 0 saturated heterocycles. The minimum Gasteiger partial charge on any atom is -0.322 e. The van der Waals surface area contributed by atoms with Gasteiger partial charge in [-0.2, -0.15) is 0 Å². The van der Waals surface area contributed by atoms with Crippen molar-refractivity contribution in [2.24, 2.45) is 11.3 Å². The average Bonchev–Trinajstić information content (AvgIpc) is 3.21. The number of carbonyl (C=O) groups excluding carboxylic acids is 1. The Morgan fingerprint density at radius 2 is 1.71 bits per heavy atom. The molecule has 0 spiro atoms. The van der Waals surface area contributed by atoms with Crippen LogP contribution in [-0.2, 0) is 22.9 Å². The Morgan fingerprint density at radius 1 is 1.03 bits per heavy atom. The molecule has 2 N–H and O–H groups in total. The van der Waals surface area contributed by atoms with Crippen LogP contribution in [0.25, 0.3) is 10.8 Å². The largest absolute Gasteiger partial charge is 0.322 e. The Labute approximate surface area is 233 Å². The van der Waals surface area contributed by atoms with Crippen LogP contribution in [0.15, 0.2) is 65.6 Å². The van der Waals surface area contributed by atoms with E-state index in [4.69, 9.17) is 11.6 Å². The van der Waals surface area contributed by atoms with E-state index in [2.05, 4.69) is 30.8 Å². The molecule has 1 heterocycles. The van der Waals surface area contributed by atoms with Crippen LogP contribution in [0.1, 0.15) is 53.6 Å². The number of amides is 1. The van der Waals surface area contributed by atoms with Crippen molar-refractivity contribution in [2.75, 3.05) is 10.0 Å². The van der Waals surface area contributed by atoms with E-state index >= 15 is 0 Å². The summed E-state index contributed by atoms with van der Waals surface area (Å²) in [6, 6.07) is 17.9. The van der Waals surface area contributed by atoms with Crippen LogP contribution >= 0.6 is 22.9 Å². The van der Waals surface area contributed by atoms with Crippen LogP contribution in [0, 0.1) is 18.3 Å². The van der Waals surface area contributed by atoms with Gasteiger partial charge in [-0.1, -0.05) is 74.3 Å². The van der Waals surface area contributed by atoms with Crippen LogP contribution in [-0.4, -0.2) is 14.3 Å². The van der Waals surface area contributed by atoms with Gasteiger partial charge in [0, 0.05) is 21.0 Å². The fraction of sp³-hybridized carbons (Fsp3) is 0.300. The molecular weight excluding hydrogens is 536 g/mol. The van der Waals surface area contributed by atoms with E-state index in [1.807, 2.05) is 43.3 Å². The van der Waals surface area contributed by atoms with E-state index in [-0.39, 0.29) is 16.2 Å². The number of benzene rings is 3. The number of aryl methyl sites for hydroxylation is 1. The molecule has 1 aliphatic carbocycles. The van der Waals surface area contributed by atoms with Crippen molar-refractivity contribution < 1.29 is 13.2 Å². The summed E-state index contributed by atoms with van der Waals surface area (Å²) in [5, 5.41) is 4.88. The van der Waals surface area contributed by atoms with E-state index in [1.54, 1.807) is 24.3 Å². The topological polar surface area (TPSA) is 75.3 Å². The summed E-state index contributed by atoms with van der Waals surface area (Å²) in [7, 11) is -4.04. The number of thiophene rings is 1. The molecule has 0 radical (unpaired) electrons. The molecule has 0 unspecified atom stereocenters. The maximum atomic E-state index is 13.8. The average molecular weight is 567 g/mol. The number of sulfonamides is 1. The number of rotatable bonds is 5. The highest BCUT2D eigenvalue weighted by Crippen LogP contribution is 2.45. The number of hydrogen-bond donors (Lipinski definition) is 2. The van der Waals surface area contributed by atoms with Gasteiger partial charge < -0.3 is 5.32 Å². The molecule has 4 aromatic rings. The monoisotopic (exact) mass is 566 g/mol. The molecule has 0 fully saturated rings. The summed E-state index contributed by atoms with van der Waals surface area (Å²) < 4.78 is 30.3. The van der Waals surface area contributed by atoms with E-state index in [0.29, 0.717) is 32.6 Å². The molecule has 198 valence electrons. The van der Waals surface area contributed by atoms with Gasteiger partial charge in [-0.25, -0.2) is 8.42 Å². The number of nitrogens with one attached hydrogen (secondary N) is 2. The fourth-order valence-corrected chi connectivity index (χ4v) is 8.35. The minimum atomic E-state index is -4.04. The lowest BCUT2D eigenvalue weighted by Gasteiger charge is -2.33. The van der Waals surface area contributed by atoms with Crippen molar-refractivity contribution in [1.82, 2.24) is 0 Å². The van der Waals surface area contributed by atoms with Gasteiger partial charge in [0.15, 0.2) is 0 Å². The van der Waals surface area contributed by atoms with Crippen LogP contribution in [0.4, 0.5) is 10.7 Å². The molecule has 0 saturated carbocycles. The first-order valence-corrected chi connectivity index (χ1v) is 15.3. The smallest absolute Gasteiger partial charge is 0.263 e. The standard InChI is InChI=1S/C30H31ClN2O3S2/c1-18-11-14-21(15-12-18)32-28(34)27-22-16-13-20(30(2,3)4)17-24(22)37-29(27)33-38(35,36)25-10-6-8-19-7-5-9-23(31)26(19)25/h5-12,14-15,20,33H,13,16-17H2,1-4H3,(H,32,34)/t20-/m1/s1. The van der Waals surface area contributed by atoms with Crippen LogP contribution < -0.4 is 10.0 Å². The van der Waals surface area contributed by atoms with Gasteiger partial charge in [-0.05, 0) is 72.7 Å². The van der Waals surface area contributed by atoms with Crippen molar-refractivity contribution in [2.45, 2.75) is 51.9 Å². The summed E-state index contributed by atoms with van der Waals surface area (Å²) in [4.78, 5) is 14.8. The highest BCUT2D eigenvalue weighted by molar-refractivity contribution is 7.93. The van der Waals surface area contributed by atoms with Crippen molar-refractivity contribution in [1.29, 1.82) is 0 Å². The van der Waals surface area contributed by atoms with Gasteiger partial charge in [0.2, 0.25) is 0 Å². The third-order valence-corrected chi connectivity index (χ3v) is 10.4. The first-order valence-electron chi connectivity index (χ1n) is 12.7. The molecule has 8 heteroatoms. The Balaban J connectivity index is 1.58. The van der Waals surface area contributed by atoms with Crippen molar-refractivity contribution in [3.05, 3.63) is 87.3 Å². The molecule has 5 rings (SSSR count). The van der Waals surface area contributed by atoms with E-state index in [9.17, 15) is 13.2 Å². The van der Waals surface area contributed by atoms with Crippen LogP contribution in [0.3, 0.4) is 0 Å². The van der Waals surface area contributed by atoms with E-state index in [1.165, 1.54) is 11.3 Å². The Kier molecular flexibility index (Phi) is 7.05. The molecule has 38 heavy (non-hydrogen) atoms. The summed E-state index contributed by atoms with van der Waals surface area (Å²) in [5.74, 6) is 0.136. The summed E-state index contributed by atoms with van der Waals surface area (Å²) in [6.07, 6.45) is 2.49. The third kappa shape index (κ3) is 5.20. The first-order chi connectivity index (χ1) is 17.9. The molecule has 3 aromatic carbocycles.